The third-order valence-electron chi connectivity index (χ3n) is 4.15. The average Bonchev–Trinajstić information content (AvgIpc) is 2.57. The first-order chi connectivity index (χ1) is 9.95. The molecule has 0 amide bonds. The Balaban J connectivity index is 0.000000170. The summed E-state index contributed by atoms with van der Waals surface area (Å²) in [7, 11) is 0. The molecule has 0 aliphatic heterocycles. The van der Waals surface area contributed by atoms with Crippen molar-refractivity contribution in [3.63, 3.8) is 0 Å². The van der Waals surface area contributed by atoms with Crippen molar-refractivity contribution >= 4 is 21.5 Å². The molecule has 3 aromatic rings. The lowest BCUT2D eigenvalue weighted by atomic mass is 10.0. The number of hydrogen-bond acceptors (Lipinski definition) is 0. The molecule has 20 heavy (non-hydrogen) atoms. The summed E-state index contributed by atoms with van der Waals surface area (Å²) in [5.41, 5.74) is 0. The SMILES string of the molecule is C1CCCCC1.c1ccc2c(c1)ccc1ccccc12. The molecule has 0 heterocycles. The van der Waals surface area contributed by atoms with E-state index in [2.05, 4.69) is 60.7 Å². The van der Waals surface area contributed by atoms with E-state index in [0.29, 0.717) is 0 Å². The molecule has 1 aliphatic rings. The number of fused-ring (bicyclic) bond motifs is 3. The molecule has 0 atom stereocenters. The molecule has 3 aromatic carbocycles. The van der Waals surface area contributed by atoms with Crippen LogP contribution in [0.1, 0.15) is 38.5 Å². The largest absolute Gasteiger partial charge is 0.0616 e. The second-order valence-electron chi connectivity index (χ2n) is 5.63. The van der Waals surface area contributed by atoms with Gasteiger partial charge >= 0.3 is 0 Å². The van der Waals surface area contributed by atoms with Crippen LogP contribution in [0.25, 0.3) is 21.5 Å². The highest BCUT2D eigenvalue weighted by Crippen LogP contribution is 2.24. The zero-order valence-corrected chi connectivity index (χ0v) is 12.0. The van der Waals surface area contributed by atoms with Crippen molar-refractivity contribution in [2.24, 2.45) is 0 Å². The molecule has 4 rings (SSSR count). The normalized spacial score (nSPS) is 14.8. The predicted molar refractivity (Wildman–Crippen MR) is 89.2 cm³/mol. The molecule has 1 aliphatic carbocycles. The molecule has 0 radical (unpaired) electrons. The van der Waals surface area contributed by atoms with Crippen LogP contribution in [0.5, 0.6) is 0 Å². The van der Waals surface area contributed by atoms with Gasteiger partial charge in [0.05, 0.1) is 0 Å². The van der Waals surface area contributed by atoms with E-state index >= 15 is 0 Å². The van der Waals surface area contributed by atoms with Crippen molar-refractivity contribution in [1.29, 1.82) is 0 Å². The zero-order valence-electron chi connectivity index (χ0n) is 12.0. The van der Waals surface area contributed by atoms with E-state index in [1.54, 1.807) is 0 Å². The van der Waals surface area contributed by atoms with E-state index in [1.165, 1.54) is 60.1 Å². The summed E-state index contributed by atoms with van der Waals surface area (Å²) in [6.07, 6.45) is 9.00. The molecule has 0 N–H and O–H groups in total. The van der Waals surface area contributed by atoms with Gasteiger partial charge in [0, 0.05) is 0 Å². The van der Waals surface area contributed by atoms with Crippen LogP contribution in [-0.2, 0) is 0 Å². The Bertz CT molecular complexity index is 611. The van der Waals surface area contributed by atoms with E-state index in [-0.39, 0.29) is 0 Å². The van der Waals surface area contributed by atoms with Gasteiger partial charge in [-0.3, -0.25) is 0 Å². The molecule has 0 aromatic heterocycles. The van der Waals surface area contributed by atoms with Gasteiger partial charge in [0.1, 0.15) is 0 Å². The quantitative estimate of drug-likeness (QED) is 0.415. The Hall–Kier alpha value is -1.82. The second-order valence-corrected chi connectivity index (χ2v) is 5.63. The first-order valence-electron chi connectivity index (χ1n) is 7.82. The summed E-state index contributed by atoms with van der Waals surface area (Å²) >= 11 is 0. The van der Waals surface area contributed by atoms with Gasteiger partial charge in [0.15, 0.2) is 0 Å². The maximum absolute atomic E-state index is 2.18. The summed E-state index contributed by atoms with van der Waals surface area (Å²) in [5, 5.41) is 5.30. The Kier molecular flexibility index (Phi) is 4.32. The standard InChI is InChI=1S/C14H10.C6H12/c1-3-7-13-11(5-1)9-10-12-6-2-4-8-14(12)13;1-2-4-6-5-3-1/h1-10H;1-6H2. The van der Waals surface area contributed by atoms with E-state index in [9.17, 15) is 0 Å². The van der Waals surface area contributed by atoms with Gasteiger partial charge in [-0.05, 0) is 21.5 Å². The van der Waals surface area contributed by atoms with Crippen LogP contribution in [0.2, 0.25) is 0 Å². The van der Waals surface area contributed by atoms with Crippen LogP contribution in [0.3, 0.4) is 0 Å². The summed E-state index contributed by atoms with van der Waals surface area (Å²) in [4.78, 5) is 0. The Morgan fingerprint density at radius 3 is 1.15 bits per heavy atom. The lowest BCUT2D eigenvalue weighted by molar-refractivity contribution is 0.504. The molecule has 0 unspecified atom stereocenters. The minimum Gasteiger partial charge on any atom is -0.0616 e. The van der Waals surface area contributed by atoms with Gasteiger partial charge in [0.2, 0.25) is 0 Å². The van der Waals surface area contributed by atoms with Gasteiger partial charge < -0.3 is 0 Å². The Labute approximate surface area is 121 Å². The molecule has 0 saturated heterocycles. The molecule has 102 valence electrons. The average molecular weight is 262 g/mol. The highest BCUT2D eigenvalue weighted by Gasteiger charge is 1.97. The zero-order chi connectivity index (χ0) is 13.6. The van der Waals surface area contributed by atoms with E-state index in [0.717, 1.165) is 0 Å². The minimum atomic E-state index is 1.31. The third kappa shape index (κ3) is 3.01. The van der Waals surface area contributed by atoms with E-state index < -0.39 is 0 Å². The molecule has 0 bridgehead atoms. The number of hydrogen-bond donors (Lipinski definition) is 0. The van der Waals surface area contributed by atoms with Crippen molar-refractivity contribution in [3.8, 4) is 0 Å². The van der Waals surface area contributed by atoms with Gasteiger partial charge in [-0.1, -0.05) is 99.2 Å². The lowest BCUT2D eigenvalue weighted by Crippen LogP contribution is -1.85. The molecular formula is C20H22. The highest BCUT2D eigenvalue weighted by atomic mass is 14.0. The fraction of sp³-hybridized carbons (Fsp3) is 0.300. The van der Waals surface area contributed by atoms with Crippen LogP contribution in [0.4, 0.5) is 0 Å². The van der Waals surface area contributed by atoms with Gasteiger partial charge in [-0.2, -0.15) is 0 Å². The van der Waals surface area contributed by atoms with E-state index in [1.807, 2.05) is 0 Å². The first-order valence-corrected chi connectivity index (χ1v) is 7.82. The van der Waals surface area contributed by atoms with Crippen LogP contribution >= 0.6 is 0 Å². The summed E-state index contributed by atoms with van der Waals surface area (Å²) in [6.45, 7) is 0. The summed E-state index contributed by atoms with van der Waals surface area (Å²) < 4.78 is 0. The van der Waals surface area contributed by atoms with Gasteiger partial charge in [0.25, 0.3) is 0 Å². The smallest absolute Gasteiger partial charge is 0.0105 e. The van der Waals surface area contributed by atoms with Crippen molar-refractivity contribution in [2.45, 2.75) is 38.5 Å². The van der Waals surface area contributed by atoms with Crippen LogP contribution < -0.4 is 0 Å². The van der Waals surface area contributed by atoms with Gasteiger partial charge in [-0.15, -0.1) is 0 Å². The van der Waals surface area contributed by atoms with Gasteiger partial charge in [-0.25, -0.2) is 0 Å². The predicted octanol–water partition coefficient (Wildman–Crippen LogP) is 6.33. The molecule has 0 heteroatoms. The molecule has 1 saturated carbocycles. The highest BCUT2D eigenvalue weighted by molar-refractivity contribution is 6.07. The Morgan fingerprint density at radius 2 is 0.750 bits per heavy atom. The molecule has 1 fully saturated rings. The lowest BCUT2D eigenvalue weighted by Gasteiger charge is -2.05. The fourth-order valence-electron chi connectivity index (χ4n) is 3.02. The number of benzene rings is 3. The van der Waals surface area contributed by atoms with E-state index in [4.69, 9.17) is 0 Å². The molecule has 0 nitrogen and oxygen atoms in total. The maximum atomic E-state index is 2.18. The van der Waals surface area contributed by atoms with Crippen LogP contribution in [0, 0.1) is 0 Å². The summed E-state index contributed by atoms with van der Waals surface area (Å²) in [5.74, 6) is 0. The topological polar surface area (TPSA) is 0 Å². The first kappa shape index (κ1) is 13.2. The maximum Gasteiger partial charge on any atom is -0.0105 e. The van der Waals surface area contributed by atoms with Crippen molar-refractivity contribution in [1.82, 2.24) is 0 Å². The Morgan fingerprint density at radius 1 is 0.400 bits per heavy atom. The van der Waals surface area contributed by atoms with Crippen molar-refractivity contribution in [2.75, 3.05) is 0 Å². The van der Waals surface area contributed by atoms with Crippen LogP contribution in [-0.4, -0.2) is 0 Å². The van der Waals surface area contributed by atoms with Crippen molar-refractivity contribution < 1.29 is 0 Å². The third-order valence-corrected chi connectivity index (χ3v) is 4.15. The minimum absolute atomic E-state index is 1.31. The second kappa shape index (κ2) is 6.56. The van der Waals surface area contributed by atoms with Crippen molar-refractivity contribution in [3.05, 3.63) is 60.7 Å². The summed E-state index contributed by atoms with van der Waals surface area (Å²) in [6, 6.07) is 21.4. The van der Waals surface area contributed by atoms with Crippen LogP contribution in [0.15, 0.2) is 60.7 Å². The fourth-order valence-corrected chi connectivity index (χ4v) is 3.02. The molecule has 0 spiro atoms. The number of rotatable bonds is 0. The monoisotopic (exact) mass is 262 g/mol. The molecular weight excluding hydrogens is 240 g/mol.